The van der Waals surface area contributed by atoms with Crippen LogP contribution in [-0.4, -0.2) is 24.0 Å². The first-order valence-electron chi connectivity index (χ1n) is 8.88. The fraction of sp³-hybridized carbons (Fsp3) is 0.182. The molecule has 0 fully saturated rings. The number of anilines is 2. The number of pyridine rings is 1. The number of nitrogens with one attached hydrogen (secondary N) is 1. The number of carbonyl (C=O) groups excluding carboxylic acids is 1. The Labute approximate surface area is 154 Å². The monoisotopic (exact) mass is 345 g/mol. The van der Waals surface area contributed by atoms with E-state index in [9.17, 15) is 4.79 Å². The molecule has 0 saturated heterocycles. The van der Waals surface area contributed by atoms with E-state index in [1.165, 1.54) is 5.56 Å². The van der Waals surface area contributed by atoms with Crippen LogP contribution < -0.4 is 10.2 Å². The standard InChI is InChI=1S/C22H23N3O/c1-2-25(19-11-7-4-8-12-19)20-14-16-23-21(17-20)22(26)24-15-13-18-9-5-3-6-10-18/h3-12,14,16-17H,2,13,15H2,1H3,(H,24,26). The lowest BCUT2D eigenvalue weighted by atomic mass is 10.1. The van der Waals surface area contributed by atoms with Crippen LogP contribution in [0.5, 0.6) is 0 Å². The van der Waals surface area contributed by atoms with Crippen molar-refractivity contribution in [3.63, 3.8) is 0 Å². The second kappa shape index (κ2) is 8.81. The molecule has 26 heavy (non-hydrogen) atoms. The molecule has 0 aliphatic heterocycles. The minimum Gasteiger partial charge on any atom is -0.350 e. The molecular weight excluding hydrogens is 322 g/mol. The van der Waals surface area contributed by atoms with Crippen LogP contribution in [0.2, 0.25) is 0 Å². The van der Waals surface area contributed by atoms with Crippen LogP contribution in [0.4, 0.5) is 11.4 Å². The van der Waals surface area contributed by atoms with Gasteiger partial charge in [-0.05, 0) is 43.2 Å². The van der Waals surface area contributed by atoms with E-state index in [4.69, 9.17) is 0 Å². The van der Waals surface area contributed by atoms with E-state index in [1.807, 2.05) is 48.5 Å². The third-order valence-electron chi connectivity index (χ3n) is 4.21. The normalized spacial score (nSPS) is 10.3. The van der Waals surface area contributed by atoms with Gasteiger partial charge in [-0.3, -0.25) is 9.78 Å². The summed E-state index contributed by atoms with van der Waals surface area (Å²) in [7, 11) is 0. The van der Waals surface area contributed by atoms with E-state index >= 15 is 0 Å². The van der Waals surface area contributed by atoms with Crippen molar-refractivity contribution in [3.05, 3.63) is 90.3 Å². The molecule has 1 amide bonds. The molecule has 2 aromatic carbocycles. The molecule has 0 aliphatic carbocycles. The van der Waals surface area contributed by atoms with Crippen LogP contribution in [-0.2, 0) is 6.42 Å². The van der Waals surface area contributed by atoms with E-state index in [1.54, 1.807) is 6.20 Å². The van der Waals surface area contributed by atoms with Crippen molar-refractivity contribution < 1.29 is 4.79 Å². The second-order valence-electron chi connectivity index (χ2n) is 5.97. The Bertz CT molecular complexity index is 834. The summed E-state index contributed by atoms with van der Waals surface area (Å²) < 4.78 is 0. The lowest BCUT2D eigenvalue weighted by Crippen LogP contribution is -2.27. The van der Waals surface area contributed by atoms with Gasteiger partial charge in [0.2, 0.25) is 0 Å². The molecule has 0 unspecified atom stereocenters. The molecule has 132 valence electrons. The van der Waals surface area contributed by atoms with E-state index in [2.05, 4.69) is 46.4 Å². The Kier molecular flexibility index (Phi) is 5.99. The highest BCUT2D eigenvalue weighted by molar-refractivity contribution is 5.93. The molecule has 0 radical (unpaired) electrons. The highest BCUT2D eigenvalue weighted by atomic mass is 16.1. The quantitative estimate of drug-likeness (QED) is 0.697. The Morgan fingerprint density at radius 3 is 2.35 bits per heavy atom. The summed E-state index contributed by atoms with van der Waals surface area (Å²) in [6, 6.07) is 24.0. The van der Waals surface area contributed by atoms with Crippen LogP contribution in [0, 0.1) is 0 Å². The van der Waals surface area contributed by atoms with Gasteiger partial charge >= 0.3 is 0 Å². The Hall–Kier alpha value is -3.14. The minimum absolute atomic E-state index is 0.146. The largest absolute Gasteiger partial charge is 0.350 e. The van der Waals surface area contributed by atoms with Gasteiger partial charge in [0.15, 0.2) is 0 Å². The Morgan fingerprint density at radius 2 is 1.65 bits per heavy atom. The molecule has 0 atom stereocenters. The number of hydrogen-bond donors (Lipinski definition) is 1. The van der Waals surface area contributed by atoms with Gasteiger partial charge in [-0.15, -0.1) is 0 Å². The van der Waals surface area contributed by atoms with Crippen molar-refractivity contribution in [3.8, 4) is 0 Å². The maximum Gasteiger partial charge on any atom is 0.269 e. The maximum absolute atomic E-state index is 12.4. The molecule has 0 aliphatic rings. The molecule has 1 N–H and O–H groups in total. The van der Waals surface area contributed by atoms with Gasteiger partial charge in [0.1, 0.15) is 5.69 Å². The molecule has 1 heterocycles. The van der Waals surface area contributed by atoms with Gasteiger partial charge in [-0.1, -0.05) is 48.5 Å². The molecule has 0 bridgehead atoms. The molecule has 3 rings (SSSR count). The number of amides is 1. The van der Waals surface area contributed by atoms with Crippen LogP contribution in [0.25, 0.3) is 0 Å². The van der Waals surface area contributed by atoms with Gasteiger partial charge in [0.25, 0.3) is 5.91 Å². The zero-order chi connectivity index (χ0) is 18.2. The van der Waals surface area contributed by atoms with Crippen molar-refractivity contribution in [2.45, 2.75) is 13.3 Å². The SMILES string of the molecule is CCN(c1ccccc1)c1ccnc(C(=O)NCCc2ccccc2)c1. The topological polar surface area (TPSA) is 45.2 Å². The maximum atomic E-state index is 12.4. The average molecular weight is 345 g/mol. The highest BCUT2D eigenvalue weighted by Crippen LogP contribution is 2.24. The molecule has 4 heteroatoms. The lowest BCUT2D eigenvalue weighted by Gasteiger charge is -2.23. The first-order chi connectivity index (χ1) is 12.8. The van der Waals surface area contributed by atoms with Crippen molar-refractivity contribution in [1.82, 2.24) is 10.3 Å². The van der Waals surface area contributed by atoms with Gasteiger partial charge in [0, 0.05) is 30.7 Å². The predicted octanol–water partition coefficient (Wildman–Crippen LogP) is 4.21. The van der Waals surface area contributed by atoms with Crippen LogP contribution in [0.15, 0.2) is 79.0 Å². The molecule has 0 saturated carbocycles. The summed E-state index contributed by atoms with van der Waals surface area (Å²) in [5.41, 5.74) is 3.69. The molecular formula is C22H23N3O. The van der Waals surface area contributed by atoms with Crippen molar-refractivity contribution in [2.24, 2.45) is 0 Å². The zero-order valence-electron chi connectivity index (χ0n) is 14.9. The number of rotatable bonds is 7. The molecule has 1 aromatic heterocycles. The van der Waals surface area contributed by atoms with Crippen LogP contribution in [0.1, 0.15) is 23.0 Å². The van der Waals surface area contributed by atoms with Gasteiger partial charge in [0.05, 0.1) is 0 Å². The van der Waals surface area contributed by atoms with Gasteiger partial charge < -0.3 is 10.2 Å². The summed E-state index contributed by atoms with van der Waals surface area (Å²) in [5, 5.41) is 2.95. The number of benzene rings is 2. The third-order valence-corrected chi connectivity index (χ3v) is 4.21. The van der Waals surface area contributed by atoms with Crippen molar-refractivity contribution in [2.75, 3.05) is 18.0 Å². The molecule has 0 spiro atoms. The summed E-state index contributed by atoms with van der Waals surface area (Å²) in [5.74, 6) is -0.146. The average Bonchev–Trinajstić information content (AvgIpc) is 2.70. The lowest BCUT2D eigenvalue weighted by molar-refractivity contribution is 0.0949. The number of para-hydroxylation sites is 1. The summed E-state index contributed by atoms with van der Waals surface area (Å²) >= 11 is 0. The van der Waals surface area contributed by atoms with E-state index in [-0.39, 0.29) is 5.91 Å². The van der Waals surface area contributed by atoms with Crippen molar-refractivity contribution in [1.29, 1.82) is 0 Å². The minimum atomic E-state index is -0.146. The van der Waals surface area contributed by atoms with E-state index in [0.29, 0.717) is 12.2 Å². The smallest absolute Gasteiger partial charge is 0.269 e. The highest BCUT2D eigenvalue weighted by Gasteiger charge is 2.12. The zero-order valence-corrected chi connectivity index (χ0v) is 14.9. The first kappa shape index (κ1) is 17.7. The van der Waals surface area contributed by atoms with E-state index in [0.717, 1.165) is 24.3 Å². The number of aromatic nitrogens is 1. The van der Waals surface area contributed by atoms with Crippen molar-refractivity contribution >= 4 is 17.3 Å². The molecule has 4 nitrogen and oxygen atoms in total. The number of hydrogen-bond acceptors (Lipinski definition) is 3. The fourth-order valence-corrected chi connectivity index (χ4v) is 2.89. The second-order valence-corrected chi connectivity index (χ2v) is 5.97. The number of nitrogens with zero attached hydrogens (tertiary/aromatic N) is 2. The number of carbonyl (C=O) groups is 1. The summed E-state index contributed by atoms with van der Waals surface area (Å²) in [6.45, 7) is 3.49. The van der Waals surface area contributed by atoms with Gasteiger partial charge in [-0.2, -0.15) is 0 Å². The Morgan fingerprint density at radius 1 is 0.962 bits per heavy atom. The fourth-order valence-electron chi connectivity index (χ4n) is 2.89. The Balaban J connectivity index is 1.67. The summed E-state index contributed by atoms with van der Waals surface area (Å²) in [4.78, 5) is 18.8. The summed E-state index contributed by atoms with van der Waals surface area (Å²) in [6.07, 6.45) is 2.49. The van der Waals surface area contributed by atoms with Crippen LogP contribution in [0.3, 0.4) is 0 Å². The third kappa shape index (κ3) is 4.48. The van der Waals surface area contributed by atoms with Crippen LogP contribution >= 0.6 is 0 Å². The predicted molar refractivity (Wildman–Crippen MR) is 106 cm³/mol. The van der Waals surface area contributed by atoms with E-state index < -0.39 is 0 Å². The molecule has 3 aromatic rings. The van der Waals surface area contributed by atoms with Gasteiger partial charge in [-0.25, -0.2) is 0 Å². The first-order valence-corrected chi connectivity index (χ1v) is 8.88.